The minimum Gasteiger partial charge on any atom is -0.477 e. The molecule has 6 nitrogen and oxygen atoms in total. The lowest BCUT2D eigenvalue weighted by Gasteiger charge is -2.49. The summed E-state index contributed by atoms with van der Waals surface area (Å²) in [5.41, 5.74) is 0.667. The fourth-order valence-corrected chi connectivity index (χ4v) is 4.06. The van der Waals surface area contributed by atoms with Crippen molar-refractivity contribution in [3.05, 3.63) is 48.0 Å². The summed E-state index contributed by atoms with van der Waals surface area (Å²) in [5.74, 6) is 0.992. The van der Waals surface area contributed by atoms with Crippen LogP contribution < -0.4 is 4.74 Å². The second-order valence-electron chi connectivity index (χ2n) is 7.23. The third-order valence-electron chi connectivity index (χ3n) is 5.48. The maximum absolute atomic E-state index is 12.9. The number of aryl methyl sites for hydroxylation is 1. The summed E-state index contributed by atoms with van der Waals surface area (Å²) in [4.78, 5) is 19.0. The molecule has 2 fully saturated rings. The minimum atomic E-state index is -0.204. The molecule has 0 radical (unpaired) electrons. The molecule has 2 aliphatic heterocycles. The molecule has 0 aliphatic carbocycles. The van der Waals surface area contributed by atoms with Crippen LogP contribution >= 0.6 is 0 Å². The Balaban J connectivity index is 1.53. The molecule has 4 heterocycles. The second-order valence-corrected chi connectivity index (χ2v) is 7.23. The molecule has 0 saturated carbocycles. The number of hydrogen-bond donors (Lipinski definition) is 0. The topological polar surface area (TPSA) is 64.8 Å². The molecule has 2 aliphatic rings. The van der Waals surface area contributed by atoms with Gasteiger partial charge < -0.3 is 18.8 Å². The number of furan rings is 1. The molecule has 26 heavy (non-hydrogen) atoms. The zero-order valence-electron chi connectivity index (χ0n) is 15.0. The van der Waals surface area contributed by atoms with Crippen LogP contribution in [0.1, 0.15) is 35.4 Å². The Bertz CT molecular complexity index is 760. The van der Waals surface area contributed by atoms with Gasteiger partial charge in [0.15, 0.2) is 5.76 Å². The van der Waals surface area contributed by atoms with Crippen molar-refractivity contribution in [2.75, 3.05) is 26.3 Å². The smallest absolute Gasteiger partial charge is 0.289 e. The second kappa shape index (κ2) is 7.11. The van der Waals surface area contributed by atoms with Crippen LogP contribution in [0.25, 0.3) is 0 Å². The fourth-order valence-electron chi connectivity index (χ4n) is 4.06. The lowest BCUT2D eigenvalue weighted by Crippen LogP contribution is -2.58. The average molecular weight is 356 g/mol. The first-order valence-corrected chi connectivity index (χ1v) is 9.17. The van der Waals surface area contributed by atoms with Crippen molar-refractivity contribution < 1.29 is 18.7 Å². The maximum atomic E-state index is 12.9. The zero-order chi connectivity index (χ0) is 18.0. The molecule has 2 aromatic heterocycles. The number of piperidine rings is 1. The number of aromatic nitrogens is 1. The molecule has 0 bridgehead atoms. The summed E-state index contributed by atoms with van der Waals surface area (Å²) >= 11 is 0. The lowest BCUT2D eigenvalue weighted by atomic mass is 9.73. The highest BCUT2D eigenvalue weighted by molar-refractivity contribution is 5.93. The van der Waals surface area contributed by atoms with E-state index in [1.165, 1.54) is 0 Å². The minimum absolute atomic E-state index is 0.0475. The van der Waals surface area contributed by atoms with Gasteiger partial charge in [-0.2, -0.15) is 0 Å². The number of fused-ring (bicyclic) bond motifs is 1. The van der Waals surface area contributed by atoms with Gasteiger partial charge in [-0.1, -0.05) is 6.07 Å². The summed E-state index contributed by atoms with van der Waals surface area (Å²) in [6, 6.07) is 7.45. The van der Waals surface area contributed by atoms with E-state index < -0.39 is 0 Å². The van der Waals surface area contributed by atoms with Crippen molar-refractivity contribution in [3.8, 4) is 5.88 Å². The quantitative estimate of drug-likeness (QED) is 0.842. The number of nitrogens with zero attached hydrogens (tertiary/aromatic N) is 2. The summed E-state index contributed by atoms with van der Waals surface area (Å²) in [5, 5.41) is 0. The molecule has 1 amide bonds. The lowest BCUT2D eigenvalue weighted by molar-refractivity contribution is -0.133. The first-order valence-electron chi connectivity index (χ1n) is 9.17. The fraction of sp³-hybridized carbons (Fsp3) is 0.500. The van der Waals surface area contributed by atoms with E-state index in [0.717, 1.165) is 31.4 Å². The molecule has 0 N–H and O–H groups in total. The van der Waals surface area contributed by atoms with Gasteiger partial charge >= 0.3 is 0 Å². The Morgan fingerprint density at radius 2 is 2.35 bits per heavy atom. The van der Waals surface area contributed by atoms with Crippen molar-refractivity contribution in [2.24, 2.45) is 5.41 Å². The van der Waals surface area contributed by atoms with Crippen molar-refractivity contribution in [1.29, 1.82) is 0 Å². The molecule has 6 heteroatoms. The SMILES string of the molecule is Cc1ccoc1C(=O)N1CC[C@@H]2OCCC[C@@]2(COc2ccccn2)C1. The first-order chi connectivity index (χ1) is 12.7. The molecule has 4 rings (SSSR count). The number of pyridine rings is 1. The average Bonchev–Trinajstić information content (AvgIpc) is 3.12. The molecular weight excluding hydrogens is 332 g/mol. The Morgan fingerprint density at radius 1 is 1.42 bits per heavy atom. The predicted octanol–water partition coefficient (Wildman–Crippen LogP) is 3.07. The van der Waals surface area contributed by atoms with Gasteiger partial charge in [-0.15, -0.1) is 0 Å². The van der Waals surface area contributed by atoms with Gasteiger partial charge in [0.05, 0.1) is 19.0 Å². The summed E-state index contributed by atoms with van der Waals surface area (Å²) < 4.78 is 17.5. The van der Waals surface area contributed by atoms with Crippen LogP contribution in [0.15, 0.2) is 41.1 Å². The molecule has 0 unspecified atom stereocenters. The van der Waals surface area contributed by atoms with Crippen molar-refractivity contribution in [2.45, 2.75) is 32.3 Å². The van der Waals surface area contributed by atoms with E-state index in [9.17, 15) is 4.79 Å². The Labute approximate surface area is 153 Å². The number of carbonyl (C=O) groups excluding carboxylic acids is 1. The zero-order valence-corrected chi connectivity index (χ0v) is 15.0. The predicted molar refractivity (Wildman–Crippen MR) is 95.1 cm³/mol. The van der Waals surface area contributed by atoms with Gasteiger partial charge in [0.2, 0.25) is 5.88 Å². The molecular formula is C20H24N2O4. The molecule has 2 atom stereocenters. The third kappa shape index (κ3) is 3.21. The largest absolute Gasteiger partial charge is 0.477 e. The van der Waals surface area contributed by atoms with Gasteiger partial charge in [-0.3, -0.25) is 4.79 Å². The summed E-state index contributed by atoms with van der Waals surface area (Å²) in [6.45, 7) is 4.46. The molecule has 0 aromatic carbocycles. The Morgan fingerprint density at radius 3 is 3.12 bits per heavy atom. The standard InChI is InChI=1S/C20H24N2O4/c1-15-7-12-25-18(15)19(23)22-10-6-16-20(13-22,8-4-11-24-16)14-26-17-5-2-3-9-21-17/h2-3,5,7,9,12,16H,4,6,8,10-11,13-14H2,1H3/t16-,20-/m0/s1. The van der Waals surface area contributed by atoms with E-state index in [1.54, 1.807) is 12.5 Å². The van der Waals surface area contributed by atoms with Crippen LogP contribution in [0.3, 0.4) is 0 Å². The molecule has 0 spiro atoms. The molecule has 138 valence electrons. The van der Waals surface area contributed by atoms with Gasteiger partial charge in [0, 0.05) is 42.9 Å². The Hall–Kier alpha value is -2.34. The van der Waals surface area contributed by atoms with Crippen LogP contribution in [0.4, 0.5) is 0 Å². The molecule has 2 saturated heterocycles. The third-order valence-corrected chi connectivity index (χ3v) is 5.48. The summed E-state index contributed by atoms with van der Waals surface area (Å²) in [6.07, 6.45) is 6.17. The van der Waals surface area contributed by atoms with Crippen LogP contribution in [-0.4, -0.2) is 48.2 Å². The van der Waals surface area contributed by atoms with Crippen LogP contribution in [0.5, 0.6) is 5.88 Å². The number of rotatable bonds is 4. The maximum Gasteiger partial charge on any atom is 0.289 e. The summed E-state index contributed by atoms with van der Waals surface area (Å²) in [7, 11) is 0. The highest BCUT2D eigenvalue weighted by atomic mass is 16.5. The van der Waals surface area contributed by atoms with E-state index in [-0.39, 0.29) is 17.4 Å². The van der Waals surface area contributed by atoms with Crippen LogP contribution in [-0.2, 0) is 4.74 Å². The molecule has 2 aromatic rings. The number of carbonyl (C=O) groups is 1. The Kier molecular flexibility index (Phi) is 4.68. The first kappa shape index (κ1) is 17.1. The number of hydrogen-bond acceptors (Lipinski definition) is 5. The number of ether oxygens (including phenoxy) is 2. The highest BCUT2D eigenvalue weighted by Gasteiger charge is 2.48. The van der Waals surface area contributed by atoms with E-state index in [0.29, 0.717) is 31.3 Å². The van der Waals surface area contributed by atoms with E-state index in [4.69, 9.17) is 13.9 Å². The normalized spacial score (nSPS) is 25.6. The van der Waals surface area contributed by atoms with E-state index in [2.05, 4.69) is 4.98 Å². The monoisotopic (exact) mass is 356 g/mol. The van der Waals surface area contributed by atoms with Crippen molar-refractivity contribution in [3.63, 3.8) is 0 Å². The van der Waals surface area contributed by atoms with Crippen molar-refractivity contribution in [1.82, 2.24) is 9.88 Å². The highest BCUT2D eigenvalue weighted by Crippen LogP contribution is 2.41. The van der Waals surface area contributed by atoms with Gasteiger partial charge in [-0.05, 0) is 38.3 Å². The van der Waals surface area contributed by atoms with Crippen LogP contribution in [0, 0.1) is 12.3 Å². The van der Waals surface area contributed by atoms with Crippen molar-refractivity contribution >= 4 is 5.91 Å². The van der Waals surface area contributed by atoms with E-state index >= 15 is 0 Å². The van der Waals surface area contributed by atoms with E-state index in [1.807, 2.05) is 36.1 Å². The number of likely N-dealkylation sites (tertiary alicyclic amines) is 1. The number of amides is 1. The van der Waals surface area contributed by atoms with Gasteiger partial charge in [0.25, 0.3) is 5.91 Å². The van der Waals surface area contributed by atoms with Gasteiger partial charge in [-0.25, -0.2) is 4.98 Å². The van der Waals surface area contributed by atoms with Crippen LogP contribution in [0.2, 0.25) is 0 Å². The van der Waals surface area contributed by atoms with Gasteiger partial charge in [0.1, 0.15) is 0 Å².